The minimum absolute atomic E-state index is 0.0607. The number of thiophene rings is 1. The summed E-state index contributed by atoms with van der Waals surface area (Å²) in [4.78, 5) is 11.9. The van der Waals surface area contributed by atoms with Gasteiger partial charge in [0.15, 0.2) is 5.78 Å². The number of rotatable bonds is 3. The summed E-state index contributed by atoms with van der Waals surface area (Å²) in [5, 5.41) is 11.9. The van der Waals surface area contributed by atoms with E-state index >= 15 is 0 Å². The molecule has 0 radical (unpaired) electrons. The van der Waals surface area contributed by atoms with Crippen molar-refractivity contribution in [2.24, 2.45) is 0 Å². The van der Waals surface area contributed by atoms with E-state index in [1.54, 1.807) is 6.07 Å². The molecule has 1 N–H and O–H groups in total. The van der Waals surface area contributed by atoms with Crippen molar-refractivity contribution in [2.75, 3.05) is 0 Å². The third-order valence-corrected chi connectivity index (χ3v) is 4.08. The van der Waals surface area contributed by atoms with Gasteiger partial charge in [0.2, 0.25) is 0 Å². The summed E-state index contributed by atoms with van der Waals surface area (Å²) in [5.41, 5.74) is -0.149. The molecule has 2 nitrogen and oxygen atoms in total. The average molecular weight is 245 g/mol. The fourth-order valence-corrected chi connectivity index (χ4v) is 2.94. The third kappa shape index (κ3) is 2.41. The SMILES string of the molecule is O=C(Cc1csc(Cl)c1)C1(O)CCCC1. The molecule has 4 heteroatoms. The van der Waals surface area contributed by atoms with Crippen LogP contribution in [0.5, 0.6) is 0 Å². The fraction of sp³-hybridized carbons (Fsp3) is 0.545. The maximum atomic E-state index is 11.9. The van der Waals surface area contributed by atoms with Crippen LogP contribution >= 0.6 is 22.9 Å². The molecule has 1 heterocycles. The number of hydrogen-bond acceptors (Lipinski definition) is 3. The van der Waals surface area contributed by atoms with E-state index in [9.17, 15) is 9.90 Å². The van der Waals surface area contributed by atoms with Crippen LogP contribution in [-0.4, -0.2) is 16.5 Å². The Morgan fingerprint density at radius 3 is 2.73 bits per heavy atom. The Bertz CT molecular complexity index is 366. The van der Waals surface area contributed by atoms with Gasteiger partial charge in [0.1, 0.15) is 5.60 Å². The first kappa shape index (κ1) is 11.1. The van der Waals surface area contributed by atoms with Gasteiger partial charge < -0.3 is 5.11 Å². The van der Waals surface area contributed by atoms with Crippen molar-refractivity contribution in [2.45, 2.75) is 37.7 Å². The number of carbonyl (C=O) groups is 1. The Morgan fingerprint density at radius 2 is 2.20 bits per heavy atom. The van der Waals surface area contributed by atoms with Crippen LogP contribution in [0.15, 0.2) is 11.4 Å². The van der Waals surface area contributed by atoms with Gasteiger partial charge in [-0.2, -0.15) is 0 Å². The molecule has 1 aromatic heterocycles. The second-order valence-corrected chi connectivity index (χ2v) is 5.64. The predicted octanol–water partition coefficient (Wildman–Crippen LogP) is 2.82. The van der Waals surface area contributed by atoms with Gasteiger partial charge in [0.05, 0.1) is 4.34 Å². The van der Waals surface area contributed by atoms with Crippen LogP contribution in [0.3, 0.4) is 0 Å². The Balaban J connectivity index is 2.03. The van der Waals surface area contributed by atoms with Crippen LogP contribution < -0.4 is 0 Å². The second kappa shape index (κ2) is 4.24. The number of Topliss-reactive ketones (excluding diaryl/α,β-unsaturated/α-hetero) is 1. The summed E-state index contributed by atoms with van der Waals surface area (Å²) in [7, 11) is 0. The zero-order chi connectivity index (χ0) is 10.9. The first-order valence-electron chi connectivity index (χ1n) is 5.09. The summed E-state index contributed by atoms with van der Waals surface area (Å²) in [6.07, 6.45) is 3.44. The fourth-order valence-electron chi connectivity index (χ4n) is 2.03. The van der Waals surface area contributed by atoms with Crippen molar-refractivity contribution >= 4 is 28.7 Å². The lowest BCUT2D eigenvalue weighted by molar-refractivity contribution is -0.136. The third-order valence-electron chi connectivity index (χ3n) is 2.94. The standard InChI is InChI=1S/C11H13ClO2S/c12-10-6-8(7-15-10)5-9(13)11(14)3-1-2-4-11/h6-7,14H,1-5H2. The minimum Gasteiger partial charge on any atom is -0.382 e. The molecule has 82 valence electrons. The normalized spacial score (nSPS) is 19.3. The van der Waals surface area contributed by atoms with Crippen molar-refractivity contribution in [3.05, 3.63) is 21.3 Å². The summed E-state index contributed by atoms with van der Waals surface area (Å²) in [6.45, 7) is 0. The summed E-state index contributed by atoms with van der Waals surface area (Å²) in [6, 6.07) is 1.79. The maximum Gasteiger partial charge on any atom is 0.168 e. The van der Waals surface area contributed by atoms with Gasteiger partial charge in [-0.3, -0.25) is 4.79 Å². The number of halogens is 1. The second-order valence-electron chi connectivity index (χ2n) is 4.10. The van der Waals surface area contributed by atoms with E-state index < -0.39 is 5.60 Å². The molecule has 15 heavy (non-hydrogen) atoms. The lowest BCUT2D eigenvalue weighted by atomic mass is 9.93. The van der Waals surface area contributed by atoms with Crippen LogP contribution in [0.2, 0.25) is 4.34 Å². The molecular weight excluding hydrogens is 232 g/mol. The van der Waals surface area contributed by atoms with E-state index in [2.05, 4.69) is 0 Å². The molecule has 0 aromatic carbocycles. The Labute approximate surface area is 97.9 Å². The molecule has 0 unspecified atom stereocenters. The van der Waals surface area contributed by atoms with Crippen molar-refractivity contribution in [1.29, 1.82) is 0 Å². The van der Waals surface area contributed by atoms with Crippen LogP contribution in [-0.2, 0) is 11.2 Å². The molecule has 1 fully saturated rings. The van der Waals surface area contributed by atoms with Gasteiger partial charge in [-0.15, -0.1) is 11.3 Å². The zero-order valence-electron chi connectivity index (χ0n) is 8.33. The highest BCUT2D eigenvalue weighted by Crippen LogP contribution is 2.32. The molecule has 0 amide bonds. The monoisotopic (exact) mass is 244 g/mol. The highest BCUT2D eigenvalue weighted by molar-refractivity contribution is 7.14. The Hall–Kier alpha value is -0.380. The molecular formula is C11H13ClO2S. The summed E-state index contributed by atoms with van der Waals surface area (Å²) < 4.78 is 0.691. The molecule has 0 bridgehead atoms. The highest BCUT2D eigenvalue weighted by Gasteiger charge is 2.38. The molecule has 1 aliphatic carbocycles. The van der Waals surface area contributed by atoms with E-state index in [4.69, 9.17) is 11.6 Å². The molecule has 1 aromatic rings. The highest BCUT2D eigenvalue weighted by atomic mass is 35.5. The molecule has 0 aliphatic heterocycles. The Kier molecular flexibility index (Phi) is 3.14. The van der Waals surface area contributed by atoms with E-state index in [0.717, 1.165) is 18.4 Å². The molecule has 1 aliphatic rings. The van der Waals surface area contributed by atoms with Crippen molar-refractivity contribution < 1.29 is 9.90 Å². The lowest BCUT2D eigenvalue weighted by Crippen LogP contribution is -2.36. The van der Waals surface area contributed by atoms with Gasteiger partial charge in [0, 0.05) is 6.42 Å². The number of aliphatic hydroxyl groups is 1. The largest absolute Gasteiger partial charge is 0.382 e. The number of hydrogen-bond donors (Lipinski definition) is 1. The lowest BCUT2D eigenvalue weighted by Gasteiger charge is -2.19. The first-order chi connectivity index (χ1) is 7.10. The van der Waals surface area contributed by atoms with Gasteiger partial charge >= 0.3 is 0 Å². The Morgan fingerprint density at radius 1 is 1.53 bits per heavy atom. The predicted molar refractivity (Wildman–Crippen MR) is 61.5 cm³/mol. The number of ketones is 1. The van der Waals surface area contributed by atoms with E-state index in [1.807, 2.05) is 5.38 Å². The van der Waals surface area contributed by atoms with Crippen LogP contribution in [0.1, 0.15) is 31.2 Å². The van der Waals surface area contributed by atoms with Crippen LogP contribution in [0, 0.1) is 0 Å². The van der Waals surface area contributed by atoms with Crippen molar-refractivity contribution in [1.82, 2.24) is 0 Å². The molecule has 1 saturated carbocycles. The van der Waals surface area contributed by atoms with Crippen molar-refractivity contribution in [3.8, 4) is 0 Å². The van der Waals surface area contributed by atoms with E-state index in [0.29, 0.717) is 23.6 Å². The zero-order valence-corrected chi connectivity index (χ0v) is 9.90. The van der Waals surface area contributed by atoms with Crippen molar-refractivity contribution in [3.63, 3.8) is 0 Å². The van der Waals surface area contributed by atoms with Gasteiger partial charge in [-0.1, -0.05) is 11.6 Å². The quantitative estimate of drug-likeness (QED) is 0.888. The van der Waals surface area contributed by atoms with E-state index in [1.165, 1.54) is 11.3 Å². The maximum absolute atomic E-state index is 11.9. The smallest absolute Gasteiger partial charge is 0.168 e. The van der Waals surface area contributed by atoms with Crippen LogP contribution in [0.25, 0.3) is 0 Å². The van der Waals surface area contributed by atoms with Gasteiger partial charge in [-0.25, -0.2) is 0 Å². The van der Waals surface area contributed by atoms with Crippen LogP contribution in [0.4, 0.5) is 0 Å². The van der Waals surface area contributed by atoms with E-state index in [-0.39, 0.29) is 5.78 Å². The average Bonchev–Trinajstić information content (AvgIpc) is 2.76. The molecule has 0 atom stereocenters. The van der Waals surface area contributed by atoms with Gasteiger partial charge in [-0.05, 0) is 42.7 Å². The molecule has 0 saturated heterocycles. The molecule has 0 spiro atoms. The minimum atomic E-state index is -1.06. The van der Waals surface area contributed by atoms with Gasteiger partial charge in [0.25, 0.3) is 0 Å². The molecule has 2 rings (SSSR count). The summed E-state index contributed by atoms with van der Waals surface area (Å²) >= 11 is 7.20. The summed E-state index contributed by atoms with van der Waals surface area (Å²) in [5.74, 6) is -0.0607. The topological polar surface area (TPSA) is 37.3 Å². The number of carbonyl (C=O) groups excluding carboxylic acids is 1. The first-order valence-corrected chi connectivity index (χ1v) is 6.34.